The molecule has 0 spiro atoms. The smallest absolute Gasteiger partial charge is 0.318 e. The molecular formula is C21H18O4. The summed E-state index contributed by atoms with van der Waals surface area (Å²) >= 11 is 0. The van der Waals surface area contributed by atoms with Gasteiger partial charge in [0.25, 0.3) is 0 Å². The van der Waals surface area contributed by atoms with Crippen molar-refractivity contribution in [2.45, 2.75) is 12.5 Å². The lowest BCUT2D eigenvalue weighted by atomic mass is 9.91. The molecule has 25 heavy (non-hydrogen) atoms. The van der Waals surface area contributed by atoms with Crippen LogP contribution in [-0.2, 0) is 16.1 Å². The summed E-state index contributed by atoms with van der Waals surface area (Å²) in [6.07, 6.45) is 0. The predicted octanol–water partition coefficient (Wildman–Crippen LogP) is 3.97. The van der Waals surface area contributed by atoms with E-state index in [2.05, 4.69) is 0 Å². The number of hydrogen-bond acceptors (Lipinski definition) is 4. The molecule has 0 atom stereocenters. The van der Waals surface area contributed by atoms with E-state index in [1.54, 1.807) is 24.3 Å². The van der Waals surface area contributed by atoms with Crippen molar-refractivity contribution in [2.24, 2.45) is 0 Å². The topological polar surface area (TPSA) is 66.8 Å². The van der Waals surface area contributed by atoms with Crippen molar-refractivity contribution in [2.75, 3.05) is 0 Å². The number of hydrogen-bond donors (Lipinski definition) is 2. The number of rotatable bonds is 5. The highest BCUT2D eigenvalue weighted by atomic mass is 16.5. The fourth-order valence-corrected chi connectivity index (χ4v) is 2.61. The van der Waals surface area contributed by atoms with Gasteiger partial charge in [-0.1, -0.05) is 54.6 Å². The van der Waals surface area contributed by atoms with Gasteiger partial charge in [-0.25, -0.2) is 0 Å². The van der Waals surface area contributed by atoms with Gasteiger partial charge in [0.15, 0.2) is 0 Å². The van der Waals surface area contributed by atoms with Crippen molar-refractivity contribution in [3.8, 4) is 11.5 Å². The van der Waals surface area contributed by atoms with Crippen LogP contribution in [0.25, 0.3) is 0 Å². The molecule has 0 amide bonds. The van der Waals surface area contributed by atoms with Gasteiger partial charge in [-0.05, 0) is 41.0 Å². The summed E-state index contributed by atoms with van der Waals surface area (Å²) in [6.45, 7) is 0.187. The minimum atomic E-state index is -0.634. The maximum Gasteiger partial charge on any atom is 0.318 e. The fourth-order valence-electron chi connectivity index (χ4n) is 2.61. The van der Waals surface area contributed by atoms with Crippen molar-refractivity contribution in [1.82, 2.24) is 0 Å². The third kappa shape index (κ3) is 4.18. The lowest BCUT2D eigenvalue weighted by Gasteiger charge is -2.17. The van der Waals surface area contributed by atoms with E-state index in [0.29, 0.717) is 11.1 Å². The summed E-state index contributed by atoms with van der Waals surface area (Å²) in [5.74, 6) is -0.762. The molecule has 0 saturated heterocycles. The molecule has 3 rings (SSSR count). The molecule has 0 fully saturated rings. The van der Waals surface area contributed by atoms with Crippen molar-refractivity contribution in [1.29, 1.82) is 0 Å². The summed E-state index contributed by atoms with van der Waals surface area (Å²) in [5, 5.41) is 19.0. The van der Waals surface area contributed by atoms with Gasteiger partial charge in [0.1, 0.15) is 24.0 Å². The first-order valence-electron chi connectivity index (χ1n) is 7.92. The Hall–Kier alpha value is -3.27. The van der Waals surface area contributed by atoms with Gasteiger partial charge < -0.3 is 14.9 Å². The Kier molecular flexibility index (Phi) is 5.00. The first-order valence-corrected chi connectivity index (χ1v) is 7.92. The first-order chi connectivity index (χ1) is 12.1. The fraction of sp³-hybridized carbons (Fsp3) is 0.0952. The van der Waals surface area contributed by atoms with Crippen LogP contribution in [-0.4, -0.2) is 16.2 Å². The van der Waals surface area contributed by atoms with E-state index < -0.39 is 5.92 Å². The van der Waals surface area contributed by atoms with E-state index in [1.807, 2.05) is 30.3 Å². The third-order valence-electron chi connectivity index (χ3n) is 3.91. The summed E-state index contributed by atoms with van der Waals surface area (Å²) in [5.41, 5.74) is 2.33. The highest BCUT2D eigenvalue weighted by Crippen LogP contribution is 2.29. The van der Waals surface area contributed by atoms with Crippen molar-refractivity contribution >= 4 is 5.97 Å². The van der Waals surface area contributed by atoms with Crippen molar-refractivity contribution in [3.63, 3.8) is 0 Å². The SMILES string of the molecule is O=C(OCc1ccccc1)C(c1ccc(O)cc1)c1ccc(O)cc1. The number of esters is 1. The van der Waals surface area contributed by atoms with E-state index in [0.717, 1.165) is 5.56 Å². The molecule has 0 aliphatic rings. The largest absolute Gasteiger partial charge is 0.508 e. The second kappa shape index (κ2) is 7.53. The maximum atomic E-state index is 12.7. The summed E-state index contributed by atoms with van der Waals surface area (Å²) < 4.78 is 5.50. The van der Waals surface area contributed by atoms with Gasteiger partial charge >= 0.3 is 5.97 Å². The van der Waals surface area contributed by atoms with Crippen LogP contribution in [0.1, 0.15) is 22.6 Å². The van der Waals surface area contributed by atoms with Gasteiger partial charge in [-0.3, -0.25) is 4.79 Å². The van der Waals surface area contributed by atoms with Gasteiger partial charge in [-0.2, -0.15) is 0 Å². The van der Waals surface area contributed by atoms with Crippen LogP contribution >= 0.6 is 0 Å². The quantitative estimate of drug-likeness (QED) is 0.693. The molecule has 2 N–H and O–H groups in total. The first kappa shape index (κ1) is 16.6. The van der Waals surface area contributed by atoms with E-state index in [1.165, 1.54) is 24.3 Å². The molecule has 0 aliphatic carbocycles. The molecule has 0 aromatic heterocycles. The van der Waals surface area contributed by atoms with Crippen LogP contribution in [0.3, 0.4) is 0 Å². The second-order valence-corrected chi connectivity index (χ2v) is 5.71. The number of aromatic hydroxyl groups is 2. The van der Waals surface area contributed by atoms with Crippen LogP contribution in [0.15, 0.2) is 78.9 Å². The van der Waals surface area contributed by atoms with Crippen LogP contribution in [0, 0.1) is 0 Å². The lowest BCUT2D eigenvalue weighted by Crippen LogP contribution is -2.17. The standard InChI is InChI=1S/C21H18O4/c22-18-10-6-16(7-11-18)20(17-8-12-19(23)13-9-17)21(24)25-14-15-4-2-1-3-5-15/h1-13,20,22-23H,14H2. The monoisotopic (exact) mass is 334 g/mol. The molecule has 0 radical (unpaired) electrons. The molecular weight excluding hydrogens is 316 g/mol. The third-order valence-corrected chi connectivity index (χ3v) is 3.91. The summed E-state index contributed by atoms with van der Waals surface area (Å²) in [7, 11) is 0. The van der Waals surface area contributed by atoms with Crippen LogP contribution < -0.4 is 0 Å². The van der Waals surface area contributed by atoms with E-state index in [4.69, 9.17) is 4.74 Å². The maximum absolute atomic E-state index is 12.7. The molecule has 0 saturated carbocycles. The van der Waals surface area contributed by atoms with E-state index >= 15 is 0 Å². The minimum absolute atomic E-state index is 0.130. The molecule has 126 valence electrons. The number of phenolic OH excluding ortho intramolecular Hbond substituents is 2. The van der Waals surface area contributed by atoms with Gasteiger partial charge in [0.05, 0.1) is 0 Å². The molecule has 3 aromatic carbocycles. The van der Waals surface area contributed by atoms with Gasteiger partial charge in [0.2, 0.25) is 0 Å². The van der Waals surface area contributed by atoms with E-state index in [-0.39, 0.29) is 24.1 Å². The zero-order chi connectivity index (χ0) is 17.6. The minimum Gasteiger partial charge on any atom is -0.508 e. The van der Waals surface area contributed by atoms with Gasteiger partial charge in [0, 0.05) is 0 Å². The number of carbonyl (C=O) groups is 1. The Morgan fingerprint density at radius 2 is 1.24 bits per heavy atom. The molecule has 0 unspecified atom stereocenters. The van der Waals surface area contributed by atoms with Crippen molar-refractivity contribution in [3.05, 3.63) is 95.6 Å². The molecule has 4 nitrogen and oxygen atoms in total. The van der Waals surface area contributed by atoms with E-state index in [9.17, 15) is 15.0 Å². The van der Waals surface area contributed by atoms with Crippen molar-refractivity contribution < 1.29 is 19.7 Å². The summed E-state index contributed by atoms with van der Waals surface area (Å²) in [6, 6.07) is 22.4. The van der Waals surface area contributed by atoms with Crippen LogP contribution in [0.5, 0.6) is 11.5 Å². The molecule has 3 aromatic rings. The Labute approximate surface area is 146 Å². The lowest BCUT2D eigenvalue weighted by molar-refractivity contribution is -0.145. The van der Waals surface area contributed by atoms with Crippen LogP contribution in [0.2, 0.25) is 0 Å². The zero-order valence-electron chi connectivity index (χ0n) is 13.5. The number of benzene rings is 3. The number of carbonyl (C=O) groups excluding carboxylic acids is 1. The van der Waals surface area contributed by atoms with Crippen LogP contribution in [0.4, 0.5) is 0 Å². The second-order valence-electron chi connectivity index (χ2n) is 5.71. The number of ether oxygens (including phenoxy) is 1. The zero-order valence-corrected chi connectivity index (χ0v) is 13.5. The molecule has 0 bridgehead atoms. The highest BCUT2D eigenvalue weighted by Gasteiger charge is 2.24. The Morgan fingerprint density at radius 1 is 0.760 bits per heavy atom. The Morgan fingerprint density at radius 3 is 1.72 bits per heavy atom. The average molecular weight is 334 g/mol. The summed E-state index contributed by atoms with van der Waals surface area (Å²) in [4.78, 5) is 12.7. The molecule has 0 heterocycles. The highest BCUT2D eigenvalue weighted by molar-refractivity contribution is 5.82. The predicted molar refractivity (Wildman–Crippen MR) is 94.3 cm³/mol. The molecule has 4 heteroatoms. The van der Waals surface area contributed by atoms with Gasteiger partial charge in [-0.15, -0.1) is 0 Å². The average Bonchev–Trinajstić information content (AvgIpc) is 2.64. The Bertz CT molecular complexity index is 779. The molecule has 0 aliphatic heterocycles. The Balaban J connectivity index is 1.86. The number of phenols is 2. The normalized spacial score (nSPS) is 10.6.